The van der Waals surface area contributed by atoms with Gasteiger partial charge < -0.3 is 5.32 Å². The lowest BCUT2D eigenvalue weighted by atomic mass is 9.97. The van der Waals surface area contributed by atoms with Crippen molar-refractivity contribution in [3.8, 4) is 0 Å². The van der Waals surface area contributed by atoms with Crippen molar-refractivity contribution < 1.29 is 14.0 Å². The van der Waals surface area contributed by atoms with E-state index in [0.29, 0.717) is 5.56 Å². The van der Waals surface area contributed by atoms with E-state index in [4.69, 9.17) is 0 Å². The van der Waals surface area contributed by atoms with Crippen molar-refractivity contribution in [1.29, 1.82) is 0 Å². The summed E-state index contributed by atoms with van der Waals surface area (Å²) in [5, 5.41) is 2.89. The van der Waals surface area contributed by atoms with E-state index in [2.05, 4.69) is 10.3 Å². The molecule has 3 aromatic rings. The molecule has 0 aliphatic rings. The summed E-state index contributed by atoms with van der Waals surface area (Å²) in [5.74, 6) is -1.09. The maximum absolute atomic E-state index is 13.1. The van der Waals surface area contributed by atoms with Crippen molar-refractivity contribution in [2.24, 2.45) is 0 Å². The van der Waals surface area contributed by atoms with Crippen LogP contribution in [0.15, 0.2) is 73.1 Å². The molecule has 0 bridgehead atoms. The van der Waals surface area contributed by atoms with Crippen LogP contribution in [0.5, 0.6) is 0 Å². The number of pyridine rings is 1. The Bertz CT molecular complexity index is 924. The SMILES string of the molecule is CC(NC(=O)c1ccccc1C(=O)c1ccc(F)cc1)c1ccncc1. The van der Waals surface area contributed by atoms with Gasteiger partial charge in [-0.2, -0.15) is 0 Å². The van der Waals surface area contributed by atoms with Crippen LogP contribution < -0.4 is 5.32 Å². The van der Waals surface area contributed by atoms with E-state index in [1.807, 2.05) is 19.1 Å². The van der Waals surface area contributed by atoms with Gasteiger partial charge in [-0.15, -0.1) is 0 Å². The average Bonchev–Trinajstić information content (AvgIpc) is 2.68. The summed E-state index contributed by atoms with van der Waals surface area (Å²) < 4.78 is 13.1. The lowest BCUT2D eigenvalue weighted by Crippen LogP contribution is -2.28. The molecule has 5 heteroatoms. The lowest BCUT2D eigenvalue weighted by molar-refractivity contribution is 0.0929. The van der Waals surface area contributed by atoms with Gasteiger partial charge in [0.1, 0.15) is 5.82 Å². The third-order valence-electron chi connectivity index (χ3n) is 4.08. The summed E-state index contributed by atoms with van der Waals surface area (Å²) in [5.41, 5.74) is 1.80. The van der Waals surface area contributed by atoms with E-state index < -0.39 is 5.82 Å². The van der Waals surface area contributed by atoms with Crippen molar-refractivity contribution in [3.05, 3.63) is 101 Å². The van der Waals surface area contributed by atoms with Crippen molar-refractivity contribution in [2.75, 3.05) is 0 Å². The normalized spacial score (nSPS) is 11.6. The van der Waals surface area contributed by atoms with Gasteiger partial charge in [0, 0.05) is 23.5 Å². The predicted octanol–water partition coefficient (Wildman–Crippen LogP) is 3.94. The van der Waals surface area contributed by atoms with Crippen LogP contribution in [0.2, 0.25) is 0 Å². The summed E-state index contributed by atoms with van der Waals surface area (Å²) in [6, 6.07) is 15.3. The number of aromatic nitrogens is 1. The Labute approximate surface area is 150 Å². The maximum atomic E-state index is 13.1. The molecule has 2 aromatic carbocycles. The Morgan fingerprint density at radius 2 is 1.54 bits per heavy atom. The highest BCUT2D eigenvalue weighted by atomic mass is 19.1. The molecule has 0 fully saturated rings. The minimum Gasteiger partial charge on any atom is -0.345 e. The predicted molar refractivity (Wildman–Crippen MR) is 96.4 cm³/mol. The second kappa shape index (κ2) is 7.70. The number of ketones is 1. The Kier molecular flexibility index (Phi) is 5.17. The monoisotopic (exact) mass is 348 g/mol. The second-order valence-electron chi connectivity index (χ2n) is 5.86. The van der Waals surface area contributed by atoms with Gasteiger partial charge in [-0.25, -0.2) is 4.39 Å². The highest BCUT2D eigenvalue weighted by molar-refractivity contribution is 6.15. The first-order valence-corrected chi connectivity index (χ1v) is 8.16. The van der Waals surface area contributed by atoms with Crippen molar-refractivity contribution in [3.63, 3.8) is 0 Å². The van der Waals surface area contributed by atoms with Gasteiger partial charge in [0.2, 0.25) is 0 Å². The quantitative estimate of drug-likeness (QED) is 0.711. The molecule has 0 saturated heterocycles. The standard InChI is InChI=1S/C21H17FN2O2/c1-14(15-10-12-23-13-11-15)24-21(26)19-5-3-2-4-18(19)20(25)16-6-8-17(22)9-7-16/h2-14H,1H3,(H,24,26). The molecule has 1 unspecified atom stereocenters. The fourth-order valence-electron chi connectivity index (χ4n) is 2.65. The summed E-state index contributed by atoms with van der Waals surface area (Å²) in [6.07, 6.45) is 3.31. The molecular weight excluding hydrogens is 331 g/mol. The third-order valence-corrected chi connectivity index (χ3v) is 4.08. The molecule has 0 aliphatic carbocycles. The molecule has 1 aromatic heterocycles. The van der Waals surface area contributed by atoms with Crippen LogP contribution in [-0.2, 0) is 0 Å². The zero-order valence-corrected chi connectivity index (χ0v) is 14.1. The molecule has 0 aliphatic heterocycles. The number of rotatable bonds is 5. The zero-order valence-electron chi connectivity index (χ0n) is 14.1. The molecule has 3 rings (SSSR count). The number of benzene rings is 2. The first kappa shape index (κ1) is 17.5. The summed E-state index contributed by atoms with van der Waals surface area (Å²) in [6.45, 7) is 1.86. The number of carbonyl (C=O) groups excluding carboxylic acids is 2. The molecule has 1 heterocycles. The van der Waals surface area contributed by atoms with Gasteiger partial charge >= 0.3 is 0 Å². The number of amides is 1. The number of hydrogen-bond donors (Lipinski definition) is 1. The van der Waals surface area contributed by atoms with Crippen LogP contribution in [0.3, 0.4) is 0 Å². The van der Waals surface area contributed by atoms with Crippen LogP contribution in [0.1, 0.15) is 44.8 Å². The molecule has 130 valence electrons. The van der Waals surface area contributed by atoms with E-state index in [1.54, 1.807) is 36.7 Å². The first-order valence-electron chi connectivity index (χ1n) is 8.16. The van der Waals surface area contributed by atoms with Crippen molar-refractivity contribution in [2.45, 2.75) is 13.0 Å². The largest absolute Gasteiger partial charge is 0.345 e. The molecule has 0 radical (unpaired) electrons. The van der Waals surface area contributed by atoms with E-state index in [1.165, 1.54) is 24.3 Å². The molecule has 1 amide bonds. The van der Waals surface area contributed by atoms with E-state index in [-0.39, 0.29) is 28.9 Å². The van der Waals surface area contributed by atoms with Gasteiger partial charge in [-0.05, 0) is 55.0 Å². The van der Waals surface area contributed by atoms with Gasteiger partial charge in [0.15, 0.2) is 5.78 Å². The van der Waals surface area contributed by atoms with Crippen LogP contribution >= 0.6 is 0 Å². The fraction of sp³-hybridized carbons (Fsp3) is 0.0952. The first-order chi connectivity index (χ1) is 12.6. The molecule has 4 nitrogen and oxygen atoms in total. The molecule has 0 saturated carbocycles. The molecular formula is C21H17FN2O2. The van der Waals surface area contributed by atoms with Crippen LogP contribution in [0, 0.1) is 5.82 Å². The van der Waals surface area contributed by atoms with Crippen LogP contribution in [0.4, 0.5) is 4.39 Å². The zero-order chi connectivity index (χ0) is 18.5. The number of halogens is 1. The van der Waals surface area contributed by atoms with Crippen LogP contribution in [-0.4, -0.2) is 16.7 Å². The topological polar surface area (TPSA) is 59.1 Å². The minimum absolute atomic E-state index is 0.237. The number of hydrogen-bond acceptors (Lipinski definition) is 3. The number of nitrogens with zero attached hydrogens (tertiary/aromatic N) is 1. The Hall–Kier alpha value is -3.34. The van der Waals surface area contributed by atoms with Gasteiger partial charge in [0.05, 0.1) is 11.6 Å². The van der Waals surface area contributed by atoms with Gasteiger partial charge in [-0.1, -0.05) is 18.2 Å². The number of carbonyl (C=O) groups is 2. The summed E-state index contributed by atoms with van der Waals surface area (Å²) >= 11 is 0. The third kappa shape index (κ3) is 3.83. The smallest absolute Gasteiger partial charge is 0.252 e. The van der Waals surface area contributed by atoms with Gasteiger partial charge in [0.25, 0.3) is 5.91 Å². The van der Waals surface area contributed by atoms with E-state index in [9.17, 15) is 14.0 Å². The molecule has 1 atom stereocenters. The minimum atomic E-state index is -0.418. The maximum Gasteiger partial charge on any atom is 0.252 e. The van der Waals surface area contributed by atoms with Crippen molar-refractivity contribution >= 4 is 11.7 Å². The Morgan fingerprint density at radius 3 is 2.19 bits per heavy atom. The number of nitrogens with one attached hydrogen (secondary N) is 1. The van der Waals surface area contributed by atoms with E-state index in [0.717, 1.165) is 5.56 Å². The Balaban J connectivity index is 1.85. The fourth-order valence-corrected chi connectivity index (χ4v) is 2.65. The van der Waals surface area contributed by atoms with Crippen molar-refractivity contribution in [1.82, 2.24) is 10.3 Å². The highest BCUT2D eigenvalue weighted by Gasteiger charge is 2.19. The Morgan fingerprint density at radius 1 is 0.923 bits per heavy atom. The lowest BCUT2D eigenvalue weighted by Gasteiger charge is -2.15. The summed E-state index contributed by atoms with van der Waals surface area (Å²) in [4.78, 5) is 29.4. The molecule has 26 heavy (non-hydrogen) atoms. The highest BCUT2D eigenvalue weighted by Crippen LogP contribution is 2.17. The molecule has 0 spiro atoms. The van der Waals surface area contributed by atoms with Crippen LogP contribution in [0.25, 0.3) is 0 Å². The second-order valence-corrected chi connectivity index (χ2v) is 5.86. The molecule has 1 N–H and O–H groups in total. The average molecular weight is 348 g/mol. The van der Waals surface area contributed by atoms with Gasteiger partial charge in [-0.3, -0.25) is 14.6 Å². The van der Waals surface area contributed by atoms with E-state index >= 15 is 0 Å². The summed E-state index contributed by atoms with van der Waals surface area (Å²) in [7, 11) is 0.